The summed E-state index contributed by atoms with van der Waals surface area (Å²) < 4.78 is 0. The quantitative estimate of drug-likeness (QED) is 0.170. The zero-order chi connectivity index (χ0) is 36.3. The van der Waals surface area contributed by atoms with Gasteiger partial charge < -0.3 is 9.80 Å². The van der Waals surface area contributed by atoms with Gasteiger partial charge in [-0.1, -0.05) is 146 Å². The zero-order valence-electron chi connectivity index (χ0n) is 30.2. The number of fused-ring (bicyclic) bond motifs is 11. The Bertz CT molecular complexity index is 2830. The number of hydrogen-bond donors (Lipinski definition) is 0. The predicted molar refractivity (Wildman–Crippen MR) is 230 cm³/mol. The third-order valence-electron chi connectivity index (χ3n) is 11.6. The lowest BCUT2D eigenvalue weighted by Crippen LogP contribution is -2.26. The molecule has 9 aromatic rings. The van der Waals surface area contributed by atoms with Gasteiger partial charge in [-0.05, 0) is 128 Å². The van der Waals surface area contributed by atoms with Crippen LogP contribution in [0.4, 0.5) is 34.1 Å². The first-order valence-corrected chi connectivity index (χ1v) is 19.0. The van der Waals surface area contributed by atoms with Gasteiger partial charge in [-0.3, -0.25) is 0 Å². The van der Waals surface area contributed by atoms with E-state index in [1.165, 1.54) is 55.3 Å². The molecule has 1 unspecified atom stereocenters. The fourth-order valence-corrected chi connectivity index (χ4v) is 9.33. The fraction of sp³-hybridized carbons (Fsp3) is 0.0189. The van der Waals surface area contributed by atoms with E-state index in [0.29, 0.717) is 0 Å². The first kappa shape index (κ1) is 31.4. The van der Waals surface area contributed by atoms with Crippen LogP contribution in [0.25, 0.3) is 33.0 Å². The maximum absolute atomic E-state index is 2.47. The normalized spacial score (nSPS) is 14.6. The minimum absolute atomic E-state index is 0.519. The number of anilines is 6. The van der Waals surface area contributed by atoms with Gasteiger partial charge in [0.2, 0.25) is 0 Å². The summed E-state index contributed by atoms with van der Waals surface area (Å²) in [5.41, 5.74) is 16.7. The van der Waals surface area contributed by atoms with Crippen LogP contribution in [0.5, 0.6) is 0 Å². The van der Waals surface area contributed by atoms with E-state index in [4.69, 9.17) is 0 Å². The maximum atomic E-state index is 2.47. The highest BCUT2D eigenvalue weighted by Gasteiger charge is 2.52. The molecule has 0 aromatic heterocycles. The molecule has 0 amide bonds. The molecule has 0 fully saturated rings. The third kappa shape index (κ3) is 4.75. The van der Waals surface area contributed by atoms with Gasteiger partial charge in [0.15, 0.2) is 0 Å². The molecule has 0 saturated carbocycles. The Morgan fingerprint density at radius 2 is 0.600 bits per heavy atom. The Kier molecular flexibility index (Phi) is 7.11. The summed E-state index contributed by atoms with van der Waals surface area (Å²) in [6, 6.07) is 80.0. The van der Waals surface area contributed by atoms with Crippen molar-refractivity contribution < 1.29 is 0 Å². The van der Waals surface area contributed by atoms with Crippen molar-refractivity contribution in [1.82, 2.24) is 0 Å². The van der Waals surface area contributed by atoms with E-state index in [9.17, 15) is 0 Å². The fourth-order valence-electron chi connectivity index (χ4n) is 9.33. The van der Waals surface area contributed by atoms with E-state index in [1.807, 2.05) is 0 Å². The summed E-state index contributed by atoms with van der Waals surface area (Å²) in [5.74, 6) is 0. The molecule has 11 rings (SSSR count). The molecule has 1 atom stereocenters. The lowest BCUT2D eigenvalue weighted by molar-refractivity contribution is 0.793. The molecule has 2 heteroatoms. The smallest absolute Gasteiger partial charge is 0.0727 e. The predicted octanol–water partition coefficient (Wildman–Crippen LogP) is 14.1. The Morgan fingerprint density at radius 1 is 0.236 bits per heavy atom. The molecule has 0 heterocycles. The molecule has 2 aliphatic carbocycles. The standard InChI is InChI=1S/C53H36N2/c1-4-18-39(19-5-1)54(40-20-6-2-7-21-40)43-30-32-47-45-24-12-14-26-49(45)53(51(47)35-43)50-27-15-13-25-46(50)48-33-31-44(36-52(48)53)55(41-22-8-3-9-23-41)42-29-28-37-16-10-11-17-38(37)34-42/h1-36H. The van der Waals surface area contributed by atoms with Crippen molar-refractivity contribution in [3.63, 3.8) is 0 Å². The monoisotopic (exact) mass is 700 g/mol. The van der Waals surface area contributed by atoms with Crippen molar-refractivity contribution in [1.29, 1.82) is 0 Å². The van der Waals surface area contributed by atoms with Gasteiger partial charge in [0.1, 0.15) is 0 Å². The number of rotatable bonds is 6. The molecule has 0 bridgehead atoms. The highest BCUT2D eigenvalue weighted by Crippen LogP contribution is 2.64. The average Bonchev–Trinajstić information content (AvgIpc) is 3.72. The van der Waals surface area contributed by atoms with E-state index in [-0.39, 0.29) is 0 Å². The number of nitrogens with zero attached hydrogens (tertiary/aromatic N) is 2. The number of benzene rings is 9. The van der Waals surface area contributed by atoms with Crippen LogP contribution in [0, 0.1) is 0 Å². The Labute approximate surface area is 321 Å². The minimum atomic E-state index is -0.519. The highest BCUT2D eigenvalue weighted by molar-refractivity contribution is 5.98. The van der Waals surface area contributed by atoms with Crippen LogP contribution in [0.2, 0.25) is 0 Å². The van der Waals surface area contributed by atoms with E-state index in [2.05, 4.69) is 228 Å². The van der Waals surface area contributed by atoms with E-state index in [1.54, 1.807) is 0 Å². The van der Waals surface area contributed by atoms with Crippen molar-refractivity contribution in [3.8, 4) is 22.3 Å². The molecular weight excluding hydrogens is 665 g/mol. The SMILES string of the molecule is c1ccc(N(c2ccccc2)c2ccc3c(c2)C2(c4ccccc4-3)c3ccccc3-c3ccc(N(c4ccccc4)c4ccc5ccccc5c4)cc32)cc1. The molecule has 0 N–H and O–H groups in total. The van der Waals surface area contributed by atoms with Crippen LogP contribution in [-0.2, 0) is 5.41 Å². The molecule has 0 radical (unpaired) electrons. The van der Waals surface area contributed by atoms with E-state index in [0.717, 1.165) is 34.1 Å². The number of hydrogen-bond acceptors (Lipinski definition) is 2. The van der Waals surface area contributed by atoms with E-state index >= 15 is 0 Å². The largest absolute Gasteiger partial charge is 0.310 e. The lowest BCUT2D eigenvalue weighted by atomic mass is 9.70. The molecule has 2 aliphatic rings. The van der Waals surface area contributed by atoms with Gasteiger partial charge in [0.25, 0.3) is 0 Å². The van der Waals surface area contributed by atoms with E-state index < -0.39 is 5.41 Å². The average molecular weight is 701 g/mol. The minimum Gasteiger partial charge on any atom is -0.310 e. The summed E-state index contributed by atoms with van der Waals surface area (Å²) in [5, 5.41) is 2.45. The molecule has 0 aliphatic heterocycles. The zero-order valence-corrected chi connectivity index (χ0v) is 30.2. The summed E-state index contributed by atoms with van der Waals surface area (Å²) in [7, 11) is 0. The Morgan fingerprint density at radius 3 is 1.11 bits per heavy atom. The summed E-state index contributed by atoms with van der Waals surface area (Å²) in [4.78, 5) is 4.79. The Balaban J connectivity index is 1.18. The van der Waals surface area contributed by atoms with Gasteiger partial charge >= 0.3 is 0 Å². The second kappa shape index (κ2) is 12.5. The summed E-state index contributed by atoms with van der Waals surface area (Å²) >= 11 is 0. The van der Waals surface area contributed by atoms with Crippen molar-refractivity contribution in [3.05, 3.63) is 241 Å². The van der Waals surface area contributed by atoms with Crippen molar-refractivity contribution >= 4 is 44.9 Å². The second-order valence-electron chi connectivity index (χ2n) is 14.5. The highest BCUT2D eigenvalue weighted by atomic mass is 15.1. The van der Waals surface area contributed by atoms with Gasteiger partial charge in [-0.15, -0.1) is 0 Å². The maximum Gasteiger partial charge on any atom is 0.0727 e. The molecular formula is C53H36N2. The molecule has 2 nitrogen and oxygen atoms in total. The molecule has 1 spiro atoms. The van der Waals surface area contributed by atoms with Crippen molar-refractivity contribution in [2.75, 3.05) is 9.80 Å². The summed E-state index contributed by atoms with van der Waals surface area (Å²) in [6.45, 7) is 0. The van der Waals surface area contributed by atoms with Crippen LogP contribution in [-0.4, -0.2) is 0 Å². The topological polar surface area (TPSA) is 6.48 Å². The first-order chi connectivity index (χ1) is 27.3. The van der Waals surface area contributed by atoms with Crippen LogP contribution >= 0.6 is 0 Å². The Hall–Kier alpha value is -7.16. The van der Waals surface area contributed by atoms with Crippen LogP contribution in [0.15, 0.2) is 218 Å². The van der Waals surface area contributed by atoms with Gasteiger partial charge in [0, 0.05) is 34.1 Å². The molecule has 258 valence electrons. The van der Waals surface area contributed by atoms with Crippen LogP contribution < -0.4 is 9.80 Å². The van der Waals surface area contributed by atoms with Gasteiger partial charge in [-0.25, -0.2) is 0 Å². The van der Waals surface area contributed by atoms with Gasteiger partial charge in [0.05, 0.1) is 5.41 Å². The molecule has 55 heavy (non-hydrogen) atoms. The third-order valence-corrected chi connectivity index (χ3v) is 11.6. The second-order valence-corrected chi connectivity index (χ2v) is 14.5. The van der Waals surface area contributed by atoms with Crippen molar-refractivity contribution in [2.24, 2.45) is 0 Å². The number of para-hydroxylation sites is 3. The van der Waals surface area contributed by atoms with Crippen LogP contribution in [0.1, 0.15) is 22.3 Å². The van der Waals surface area contributed by atoms with Crippen molar-refractivity contribution in [2.45, 2.75) is 5.41 Å². The molecule has 0 saturated heterocycles. The summed E-state index contributed by atoms with van der Waals surface area (Å²) in [6.07, 6.45) is 0. The van der Waals surface area contributed by atoms with Gasteiger partial charge in [-0.2, -0.15) is 0 Å². The molecule has 9 aromatic carbocycles. The first-order valence-electron chi connectivity index (χ1n) is 19.0. The lowest BCUT2D eigenvalue weighted by Gasteiger charge is -2.33. The van der Waals surface area contributed by atoms with Crippen LogP contribution in [0.3, 0.4) is 0 Å².